The molecule has 15 rings (SSSR count). The van der Waals surface area contributed by atoms with Gasteiger partial charge in [0, 0.05) is 25.1 Å². The van der Waals surface area contributed by atoms with Crippen molar-refractivity contribution in [3.8, 4) is 44.5 Å². The normalized spacial score (nSPS) is 25.4. The van der Waals surface area contributed by atoms with Gasteiger partial charge in [-0.2, -0.15) is 0 Å². The maximum absolute atomic E-state index is 10.4. The summed E-state index contributed by atoms with van der Waals surface area (Å²) in [5.41, 5.74) is 23.7. The van der Waals surface area contributed by atoms with Crippen molar-refractivity contribution in [1.29, 1.82) is 0 Å². The molecule has 2 unspecified atom stereocenters. The summed E-state index contributed by atoms with van der Waals surface area (Å²) < 4.78 is 20.8. The molecule has 0 amide bonds. The van der Waals surface area contributed by atoms with E-state index in [0.717, 1.165) is 55.6 Å². The second-order valence-electron chi connectivity index (χ2n) is 23.6. The van der Waals surface area contributed by atoms with Gasteiger partial charge in [0.1, 0.15) is 0 Å². The Kier molecular flexibility index (Phi) is 8.79. The summed E-state index contributed by atoms with van der Waals surface area (Å²) in [5, 5.41) is 0. The van der Waals surface area contributed by atoms with Gasteiger partial charge in [0.25, 0.3) is 0 Å². The Morgan fingerprint density at radius 1 is 0.394 bits per heavy atom. The van der Waals surface area contributed by atoms with E-state index in [1.165, 1.54) is 140 Å². The lowest BCUT2D eigenvalue weighted by Gasteiger charge is -2.34. The van der Waals surface area contributed by atoms with E-state index in [1.54, 1.807) is 0 Å². The van der Waals surface area contributed by atoms with Gasteiger partial charge in [0.15, 0.2) is 0 Å². The first kappa shape index (κ1) is 40.2. The van der Waals surface area contributed by atoms with E-state index in [4.69, 9.17) is 0 Å². The predicted octanol–water partition coefficient (Wildman–Crippen LogP) is 19.1. The fourth-order valence-corrected chi connectivity index (χ4v) is 16.2. The molecule has 1 heteroatoms. The van der Waals surface area contributed by atoms with Crippen molar-refractivity contribution in [3.63, 3.8) is 0 Å². The Morgan fingerprint density at radius 2 is 0.831 bits per heavy atom. The molecule has 7 aliphatic rings. The number of anilines is 3. The molecule has 1 nitrogen and oxygen atoms in total. The van der Waals surface area contributed by atoms with Crippen molar-refractivity contribution < 1.29 is 2.74 Å². The maximum Gasteiger partial charge on any atom is 0.0726 e. The lowest BCUT2D eigenvalue weighted by molar-refractivity contribution is 0.304. The van der Waals surface area contributed by atoms with Crippen LogP contribution in [0.2, 0.25) is 0 Å². The quantitative estimate of drug-likeness (QED) is 0.161. The standard InChI is InChI=1S/C70H65N/c1-67(2)60-21-9-6-19-54(60)56-30-26-51(42-62(56)67)71(66-23-11-8-18-53(66)46-16-4-3-5-17-46)52-27-31-59-55-20-7-10-22-61(55)70(65(59)43-52)63-40-47(49-32-38-68(44-49)34-12-13-35-68)24-28-57(63)58-29-25-48(41-64(58)70)50-33-39-69(45-50)36-14-15-37-69/h3-11,16-31,40-43,49-50H,12-15,32-39,44-45H2,1-2H3/i49D,50D. The third kappa shape index (κ3) is 6.11. The highest BCUT2D eigenvalue weighted by atomic mass is 15.1. The fraction of sp³-hybridized carbons (Fsp3) is 0.314. The molecule has 8 aromatic carbocycles. The predicted molar refractivity (Wildman–Crippen MR) is 295 cm³/mol. The van der Waals surface area contributed by atoms with Crippen molar-refractivity contribution in [2.75, 3.05) is 4.90 Å². The number of benzene rings is 8. The average molecular weight is 922 g/mol. The highest BCUT2D eigenvalue weighted by Crippen LogP contribution is 2.66. The second-order valence-corrected chi connectivity index (χ2v) is 23.6. The summed E-state index contributed by atoms with van der Waals surface area (Å²) in [7, 11) is 0. The van der Waals surface area contributed by atoms with Crippen LogP contribution in [0.3, 0.4) is 0 Å². The van der Waals surface area contributed by atoms with E-state index in [9.17, 15) is 2.74 Å². The molecule has 4 saturated carbocycles. The topological polar surface area (TPSA) is 3.24 Å². The Hall–Kier alpha value is -6.44. The summed E-state index contributed by atoms with van der Waals surface area (Å²) in [6, 6.07) is 67.2. The maximum atomic E-state index is 10.4. The third-order valence-corrected chi connectivity index (χ3v) is 19.7. The van der Waals surface area contributed by atoms with Crippen molar-refractivity contribution >= 4 is 17.1 Å². The summed E-state index contributed by atoms with van der Waals surface area (Å²) in [6.45, 7) is 4.77. The number of rotatable bonds is 6. The zero-order valence-corrected chi connectivity index (χ0v) is 41.6. The van der Waals surface area contributed by atoms with E-state index in [-0.39, 0.29) is 5.41 Å². The van der Waals surface area contributed by atoms with Crippen LogP contribution in [0.1, 0.15) is 163 Å². The SMILES string of the molecule is [2H]C1(c2ccc3c(c2)C2(c4ccccc4-c4ccc(N(c5ccc6c(c5)C(C)(C)c5ccccc5-6)c5ccccc5-c5ccccc5)cc42)c2cc(C4([2H])CCC5(CCCC5)C4)ccc2-3)CCC2(CCCC2)C1. The van der Waals surface area contributed by atoms with Gasteiger partial charge < -0.3 is 4.90 Å². The summed E-state index contributed by atoms with van der Waals surface area (Å²) in [6.07, 6.45) is 16.4. The van der Waals surface area contributed by atoms with E-state index in [0.29, 0.717) is 10.8 Å². The van der Waals surface area contributed by atoms with Gasteiger partial charge in [-0.05, 0) is 201 Å². The average Bonchev–Trinajstić information content (AvgIpc) is 4.32. The van der Waals surface area contributed by atoms with Crippen LogP contribution in [-0.4, -0.2) is 0 Å². The molecule has 0 radical (unpaired) electrons. The molecule has 0 N–H and O–H groups in total. The molecule has 71 heavy (non-hydrogen) atoms. The minimum Gasteiger partial charge on any atom is -0.310 e. The van der Waals surface area contributed by atoms with E-state index in [1.807, 2.05) is 0 Å². The summed E-state index contributed by atoms with van der Waals surface area (Å²) in [4.78, 5) is 2.54. The molecule has 0 aliphatic heterocycles. The summed E-state index contributed by atoms with van der Waals surface area (Å²) >= 11 is 0. The van der Waals surface area contributed by atoms with Crippen molar-refractivity contribution in [2.45, 2.75) is 126 Å². The molecule has 4 fully saturated rings. The van der Waals surface area contributed by atoms with Crippen molar-refractivity contribution in [3.05, 3.63) is 220 Å². The zero-order chi connectivity index (χ0) is 49.0. The van der Waals surface area contributed by atoms with Crippen LogP contribution < -0.4 is 4.90 Å². The van der Waals surface area contributed by atoms with Crippen LogP contribution in [0.4, 0.5) is 17.1 Å². The highest BCUT2D eigenvalue weighted by molar-refractivity contribution is 5.98. The molecule has 3 spiro atoms. The van der Waals surface area contributed by atoms with Crippen LogP contribution in [0.25, 0.3) is 44.5 Å². The molecule has 7 aliphatic carbocycles. The Balaban J connectivity index is 0.978. The first-order chi connectivity index (χ1) is 35.5. The molecule has 8 aromatic rings. The van der Waals surface area contributed by atoms with Gasteiger partial charge in [-0.3, -0.25) is 0 Å². The van der Waals surface area contributed by atoms with Gasteiger partial charge in [0.2, 0.25) is 0 Å². The second kappa shape index (κ2) is 15.5. The van der Waals surface area contributed by atoms with Gasteiger partial charge in [-0.25, -0.2) is 0 Å². The van der Waals surface area contributed by atoms with Gasteiger partial charge in [-0.15, -0.1) is 0 Å². The Bertz CT molecular complexity index is 3480. The first-order valence-electron chi connectivity index (χ1n) is 28.3. The molecule has 0 saturated heterocycles. The number of nitrogens with zero attached hydrogens (tertiary/aromatic N) is 1. The molecule has 0 aromatic heterocycles. The van der Waals surface area contributed by atoms with Crippen LogP contribution in [0, 0.1) is 10.8 Å². The Morgan fingerprint density at radius 3 is 1.42 bits per heavy atom. The van der Waals surface area contributed by atoms with Gasteiger partial charge >= 0.3 is 0 Å². The van der Waals surface area contributed by atoms with E-state index >= 15 is 0 Å². The van der Waals surface area contributed by atoms with Gasteiger partial charge in [0.05, 0.1) is 11.1 Å². The molecular weight excluding hydrogens is 855 g/mol. The van der Waals surface area contributed by atoms with Crippen LogP contribution >= 0.6 is 0 Å². The van der Waals surface area contributed by atoms with Crippen LogP contribution in [0.15, 0.2) is 176 Å². The molecule has 2 atom stereocenters. The van der Waals surface area contributed by atoms with E-state index in [2.05, 4.69) is 195 Å². The van der Waals surface area contributed by atoms with Crippen LogP contribution in [0.5, 0.6) is 0 Å². The summed E-state index contributed by atoms with van der Waals surface area (Å²) in [5.74, 6) is -1.24. The number of fused-ring (bicyclic) bond motifs is 13. The molecule has 0 bridgehead atoms. The lowest BCUT2D eigenvalue weighted by atomic mass is 9.69. The lowest BCUT2D eigenvalue weighted by Crippen LogP contribution is -2.27. The highest BCUT2D eigenvalue weighted by Gasteiger charge is 2.53. The number of para-hydroxylation sites is 1. The monoisotopic (exact) mass is 922 g/mol. The molecule has 0 heterocycles. The Labute approximate surface area is 424 Å². The van der Waals surface area contributed by atoms with Crippen molar-refractivity contribution in [1.82, 2.24) is 0 Å². The zero-order valence-electron chi connectivity index (χ0n) is 43.6. The smallest absolute Gasteiger partial charge is 0.0726 e. The molecule has 350 valence electrons. The van der Waals surface area contributed by atoms with E-state index < -0.39 is 17.2 Å². The fourth-order valence-electron chi connectivity index (χ4n) is 16.2. The molecular formula is C70H65N. The minimum atomic E-state index is -0.648. The third-order valence-electron chi connectivity index (χ3n) is 19.7. The first-order valence-corrected chi connectivity index (χ1v) is 27.3. The largest absolute Gasteiger partial charge is 0.310 e. The number of hydrogen-bond acceptors (Lipinski definition) is 1. The van der Waals surface area contributed by atoms with Crippen molar-refractivity contribution in [2.24, 2.45) is 10.8 Å². The van der Waals surface area contributed by atoms with Crippen LogP contribution in [-0.2, 0) is 10.8 Å². The number of hydrogen-bond donors (Lipinski definition) is 0. The van der Waals surface area contributed by atoms with Gasteiger partial charge in [-0.1, -0.05) is 185 Å². The minimum absolute atomic E-state index is 0.166.